The number of ether oxygens (including phenoxy) is 2. The number of aryl methyl sites for hydroxylation is 1. The molecular formula is C18H27N3O2. The molecule has 0 aromatic heterocycles. The predicted octanol–water partition coefficient (Wildman–Crippen LogP) is 2.10. The first-order valence-corrected chi connectivity index (χ1v) is 7.97. The monoisotopic (exact) mass is 317 g/mol. The number of terminal acetylenes is 1. The molecule has 0 spiro atoms. The van der Waals surface area contributed by atoms with Gasteiger partial charge in [0.2, 0.25) is 0 Å². The molecule has 0 heterocycles. The highest BCUT2D eigenvalue weighted by Gasteiger charge is 2.05. The normalized spacial score (nSPS) is 11.0. The molecule has 0 aliphatic heterocycles. The van der Waals surface area contributed by atoms with Crippen molar-refractivity contribution in [2.45, 2.75) is 27.3 Å². The largest absolute Gasteiger partial charge is 0.491 e. The van der Waals surface area contributed by atoms with Crippen molar-refractivity contribution in [1.82, 2.24) is 10.6 Å². The van der Waals surface area contributed by atoms with Crippen molar-refractivity contribution >= 4 is 5.96 Å². The Morgan fingerprint density at radius 1 is 1.26 bits per heavy atom. The van der Waals surface area contributed by atoms with Gasteiger partial charge in [0.05, 0.1) is 19.7 Å². The van der Waals surface area contributed by atoms with Crippen molar-refractivity contribution in [2.75, 3.05) is 32.9 Å². The van der Waals surface area contributed by atoms with E-state index in [2.05, 4.69) is 27.6 Å². The van der Waals surface area contributed by atoms with Crippen LogP contribution in [0.3, 0.4) is 0 Å². The Bertz CT molecular complexity index is 536. The summed E-state index contributed by atoms with van der Waals surface area (Å²) in [5, 5.41) is 6.23. The Hall–Kier alpha value is -2.19. The van der Waals surface area contributed by atoms with Crippen molar-refractivity contribution in [3.63, 3.8) is 0 Å². The smallest absolute Gasteiger partial charge is 0.192 e. The van der Waals surface area contributed by atoms with E-state index in [4.69, 9.17) is 15.9 Å². The first-order chi connectivity index (χ1) is 11.2. The summed E-state index contributed by atoms with van der Waals surface area (Å²) in [7, 11) is 0. The van der Waals surface area contributed by atoms with Gasteiger partial charge in [0, 0.05) is 18.7 Å². The van der Waals surface area contributed by atoms with E-state index < -0.39 is 0 Å². The zero-order chi connectivity index (χ0) is 16.9. The molecule has 1 aromatic carbocycles. The van der Waals surface area contributed by atoms with Gasteiger partial charge in [-0.1, -0.05) is 18.1 Å². The third-order valence-corrected chi connectivity index (χ3v) is 3.02. The fourth-order valence-corrected chi connectivity index (χ4v) is 1.92. The van der Waals surface area contributed by atoms with Crippen molar-refractivity contribution in [2.24, 2.45) is 4.99 Å². The molecule has 1 aromatic rings. The molecule has 2 N–H and O–H groups in total. The van der Waals surface area contributed by atoms with Crippen LogP contribution in [0.25, 0.3) is 0 Å². The summed E-state index contributed by atoms with van der Waals surface area (Å²) >= 11 is 0. The number of benzene rings is 1. The van der Waals surface area contributed by atoms with Crippen LogP contribution in [0.4, 0.5) is 0 Å². The average molecular weight is 317 g/mol. The molecule has 0 fully saturated rings. The van der Waals surface area contributed by atoms with Crippen molar-refractivity contribution in [3.05, 3.63) is 29.3 Å². The van der Waals surface area contributed by atoms with Crippen LogP contribution in [-0.2, 0) is 11.3 Å². The quantitative estimate of drug-likeness (QED) is 0.317. The predicted molar refractivity (Wildman–Crippen MR) is 94.8 cm³/mol. The number of aliphatic imine (C=N–C) groups is 1. The maximum Gasteiger partial charge on any atom is 0.192 e. The molecule has 0 amide bonds. The molecule has 0 atom stereocenters. The van der Waals surface area contributed by atoms with Gasteiger partial charge in [-0.15, -0.1) is 6.42 Å². The van der Waals surface area contributed by atoms with Crippen LogP contribution < -0.4 is 15.4 Å². The molecule has 0 bridgehead atoms. The lowest BCUT2D eigenvalue weighted by Crippen LogP contribution is -2.37. The third kappa shape index (κ3) is 7.57. The van der Waals surface area contributed by atoms with Gasteiger partial charge in [-0.3, -0.25) is 0 Å². The number of hydrogen-bond acceptors (Lipinski definition) is 3. The van der Waals surface area contributed by atoms with Gasteiger partial charge in [-0.25, -0.2) is 4.99 Å². The highest BCUT2D eigenvalue weighted by molar-refractivity contribution is 5.80. The topological polar surface area (TPSA) is 54.9 Å². The summed E-state index contributed by atoms with van der Waals surface area (Å²) in [6.07, 6.45) is 5.27. The third-order valence-electron chi connectivity index (χ3n) is 3.02. The SMILES string of the molecule is C#CCNC(=NCc1ccc(C)cc1OCCOCC)NCC. The van der Waals surface area contributed by atoms with Crippen LogP contribution in [0.15, 0.2) is 23.2 Å². The number of nitrogens with one attached hydrogen (secondary N) is 2. The fourth-order valence-electron chi connectivity index (χ4n) is 1.92. The highest BCUT2D eigenvalue weighted by atomic mass is 16.5. The van der Waals surface area contributed by atoms with Gasteiger partial charge < -0.3 is 20.1 Å². The van der Waals surface area contributed by atoms with Gasteiger partial charge in [0.15, 0.2) is 5.96 Å². The summed E-state index contributed by atoms with van der Waals surface area (Å²) < 4.78 is 11.1. The minimum absolute atomic E-state index is 0.442. The maximum absolute atomic E-state index is 5.83. The Kier molecular flexibility index (Phi) is 9.34. The fraction of sp³-hybridized carbons (Fsp3) is 0.500. The Morgan fingerprint density at radius 2 is 2.09 bits per heavy atom. The Morgan fingerprint density at radius 3 is 2.78 bits per heavy atom. The standard InChI is InChI=1S/C18H27N3O2/c1-5-10-20-18(19-6-2)21-14-16-9-8-15(4)13-17(16)23-12-11-22-7-3/h1,8-9,13H,6-7,10-12,14H2,2-4H3,(H2,19,20,21). The van der Waals surface area contributed by atoms with Crippen LogP contribution in [0.5, 0.6) is 5.75 Å². The summed E-state index contributed by atoms with van der Waals surface area (Å²) in [4.78, 5) is 4.54. The van der Waals surface area contributed by atoms with Crippen molar-refractivity contribution in [1.29, 1.82) is 0 Å². The van der Waals surface area contributed by atoms with Gasteiger partial charge in [-0.2, -0.15) is 0 Å². The average Bonchev–Trinajstić information content (AvgIpc) is 2.55. The zero-order valence-corrected chi connectivity index (χ0v) is 14.3. The second-order valence-electron chi connectivity index (χ2n) is 4.91. The Balaban J connectivity index is 2.74. The first-order valence-electron chi connectivity index (χ1n) is 7.97. The van der Waals surface area contributed by atoms with E-state index in [9.17, 15) is 0 Å². The van der Waals surface area contributed by atoms with Crippen LogP contribution in [0.2, 0.25) is 0 Å². The summed E-state index contributed by atoms with van der Waals surface area (Å²) in [5.74, 6) is 4.09. The van der Waals surface area contributed by atoms with Gasteiger partial charge in [0.25, 0.3) is 0 Å². The second-order valence-corrected chi connectivity index (χ2v) is 4.91. The molecule has 0 saturated heterocycles. The van der Waals surface area contributed by atoms with Crippen LogP contribution in [0.1, 0.15) is 25.0 Å². The summed E-state index contributed by atoms with van der Waals surface area (Å²) in [5.41, 5.74) is 2.19. The summed E-state index contributed by atoms with van der Waals surface area (Å²) in [6.45, 7) is 9.58. The molecule has 0 radical (unpaired) electrons. The van der Waals surface area contributed by atoms with Crippen LogP contribution in [0, 0.1) is 19.3 Å². The maximum atomic E-state index is 5.83. The molecule has 0 saturated carbocycles. The molecule has 5 nitrogen and oxygen atoms in total. The van der Waals surface area contributed by atoms with Crippen molar-refractivity contribution in [3.8, 4) is 18.1 Å². The molecule has 23 heavy (non-hydrogen) atoms. The van der Waals surface area contributed by atoms with Crippen molar-refractivity contribution < 1.29 is 9.47 Å². The summed E-state index contributed by atoms with van der Waals surface area (Å²) in [6, 6.07) is 6.13. The molecule has 5 heteroatoms. The van der Waals surface area contributed by atoms with E-state index in [1.54, 1.807) is 0 Å². The van der Waals surface area contributed by atoms with Gasteiger partial charge >= 0.3 is 0 Å². The molecule has 1 rings (SSSR count). The second kappa shape index (κ2) is 11.4. The minimum atomic E-state index is 0.442. The van der Waals surface area contributed by atoms with E-state index >= 15 is 0 Å². The molecule has 0 aliphatic carbocycles. The van der Waals surface area contributed by atoms with Crippen LogP contribution in [-0.4, -0.2) is 38.9 Å². The number of rotatable bonds is 9. The Labute approximate surface area is 139 Å². The van der Waals surface area contributed by atoms with Gasteiger partial charge in [0.1, 0.15) is 12.4 Å². The van der Waals surface area contributed by atoms with Crippen LogP contribution >= 0.6 is 0 Å². The highest BCUT2D eigenvalue weighted by Crippen LogP contribution is 2.21. The number of guanidine groups is 1. The first kappa shape index (κ1) is 18.9. The zero-order valence-electron chi connectivity index (χ0n) is 14.3. The van der Waals surface area contributed by atoms with Gasteiger partial charge in [-0.05, 0) is 32.4 Å². The van der Waals surface area contributed by atoms with E-state index in [1.807, 2.05) is 32.9 Å². The molecule has 0 aliphatic rings. The van der Waals surface area contributed by atoms with E-state index in [1.165, 1.54) is 0 Å². The van der Waals surface area contributed by atoms with E-state index in [0.717, 1.165) is 23.4 Å². The van der Waals surface area contributed by atoms with E-state index in [-0.39, 0.29) is 0 Å². The minimum Gasteiger partial charge on any atom is -0.491 e. The molecular weight excluding hydrogens is 290 g/mol. The number of hydrogen-bond donors (Lipinski definition) is 2. The molecule has 126 valence electrons. The lowest BCUT2D eigenvalue weighted by atomic mass is 10.1. The van der Waals surface area contributed by atoms with E-state index in [0.29, 0.717) is 38.9 Å². The lowest BCUT2D eigenvalue weighted by Gasteiger charge is -2.13. The number of nitrogens with zero attached hydrogens (tertiary/aromatic N) is 1. The molecule has 0 unspecified atom stereocenters. The lowest BCUT2D eigenvalue weighted by molar-refractivity contribution is 0.110.